The maximum absolute atomic E-state index is 5.92. The molecule has 1 fully saturated rings. The summed E-state index contributed by atoms with van der Waals surface area (Å²) >= 11 is 0. The molecule has 1 aliphatic rings. The van der Waals surface area contributed by atoms with Gasteiger partial charge in [0.2, 0.25) is 0 Å². The van der Waals surface area contributed by atoms with Crippen LogP contribution in [0.3, 0.4) is 0 Å². The van der Waals surface area contributed by atoms with Gasteiger partial charge in [0.15, 0.2) is 5.82 Å². The second kappa shape index (κ2) is 5.11. The fourth-order valence-corrected chi connectivity index (χ4v) is 2.41. The Hall–Kier alpha value is -2.11. The Morgan fingerprint density at radius 2 is 2.20 bits per heavy atom. The van der Waals surface area contributed by atoms with Crippen molar-refractivity contribution in [2.45, 2.75) is 26.8 Å². The Labute approximate surface area is 117 Å². The lowest BCUT2D eigenvalue weighted by Gasteiger charge is -2.08. The van der Waals surface area contributed by atoms with E-state index in [1.54, 1.807) is 0 Å². The van der Waals surface area contributed by atoms with Crippen LogP contribution in [0.15, 0.2) is 18.2 Å². The number of nitrogen functional groups attached to an aromatic ring is 1. The number of rotatable bonds is 5. The molecule has 2 unspecified atom stereocenters. The fraction of sp³-hybridized carbons (Fsp3) is 0.500. The molecule has 106 valence electrons. The van der Waals surface area contributed by atoms with E-state index in [-0.39, 0.29) is 0 Å². The van der Waals surface area contributed by atoms with Gasteiger partial charge in [0.05, 0.1) is 6.61 Å². The summed E-state index contributed by atoms with van der Waals surface area (Å²) in [5.41, 5.74) is 7.47. The molecule has 0 aliphatic heterocycles. The summed E-state index contributed by atoms with van der Waals surface area (Å²) < 4.78 is 7.38. The largest absolute Gasteiger partial charge is 0.494 e. The molecular weight excluding hydrogens is 254 g/mol. The van der Waals surface area contributed by atoms with Gasteiger partial charge in [0.25, 0.3) is 0 Å². The lowest BCUT2D eigenvalue weighted by molar-refractivity contribution is 0.340. The molecule has 6 heteroatoms. The predicted octanol–water partition coefficient (Wildman–Crippen LogP) is 1.98. The zero-order valence-corrected chi connectivity index (χ0v) is 11.8. The Bertz CT molecular complexity index is 609. The molecule has 1 saturated carbocycles. The molecule has 20 heavy (non-hydrogen) atoms. The van der Waals surface area contributed by atoms with Crippen molar-refractivity contribution < 1.29 is 4.74 Å². The van der Waals surface area contributed by atoms with Crippen LogP contribution in [0.25, 0.3) is 11.4 Å². The molecule has 1 aliphatic carbocycles. The molecule has 2 N–H and O–H groups in total. The summed E-state index contributed by atoms with van der Waals surface area (Å²) in [6.07, 6.45) is 1.25. The van der Waals surface area contributed by atoms with E-state index >= 15 is 0 Å². The minimum Gasteiger partial charge on any atom is -0.494 e. The molecule has 0 amide bonds. The molecule has 0 radical (unpaired) electrons. The number of aromatic nitrogens is 4. The van der Waals surface area contributed by atoms with Crippen LogP contribution in [0.1, 0.15) is 20.3 Å². The highest BCUT2D eigenvalue weighted by molar-refractivity contribution is 5.64. The van der Waals surface area contributed by atoms with E-state index in [1.807, 2.05) is 29.8 Å². The topological polar surface area (TPSA) is 78.8 Å². The van der Waals surface area contributed by atoms with Crippen LogP contribution in [0, 0.1) is 11.8 Å². The van der Waals surface area contributed by atoms with Crippen LogP contribution >= 0.6 is 0 Å². The van der Waals surface area contributed by atoms with Gasteiger partial charge in [-0.05, 0) is 47.7 Å². The van der Waals surface area contributed by atoms with Crippen molar-refractivity contribution in [2.24, 2.45) is 11.8 Å². The molecule has 0 saturated heterocycles. The molecule has 1 aromatic carbocycles. The number of benzene rings is 1. The average Bonchev–Trinajstić information content (AvgIpc) is 2.89. The molecule has 2 atom stereocenters. The Balaban J connectivity index is 1.90. The summed E-state index contributed by atoms with van der Waals surface area (Å²) in [4.78, 5) is 0. The SMILES string of the molecule is CCOc1cc(N)cc(-c2nnnn2CC2CC2C)c1. The number of anilines is 1. The van der Waals surface area contributed by atoms with Crippen molar-refractivity contribution in [3.63, 3.8) is 0 Å². The summed E-state index contributed by atoms with van der Waals surface area (Å²) in [7, 11) is 0. The summed E-state index contributed by atoms with van der Waals surface area (Å²) in [6.45, 7) is 5.67. The molecule has 2 aromatic rings. The van der Waals surface area contributed by atoms with Gasteiger partial charge >= 0.3 is 0 Å². The zero-order chi connectivity index (χ0) is 14.1. The monoisotopic (exact) mass is 273 g/mol. The molecular formula is C14H19N5O. The van der Waals surface area contributed by atoms with Gasteiger partial charge in [-0.1, -0.05) is 6.92 Å². The average molecular weight is 273 g/mol. The van der Waals surface area contributed by atoms with E-state index in [1.165, 1.54) is 6.42 Å². The molecule has 1 heterocycles. The van der Waals surface area contributed by atoms with Gasteiger partial charge in [0.1, 0.15) is 5.75 Å². The highest BCUT2D eigenvalue weighted by Crippen LogP contribution is 2.39. The van der Waals surface area contributed by atoms with Crippen LogP contribution in [0.4, 0.5) is 5.69 Å². The third-order valence-electron chi connectivity index (χ3n) is 3.71. The Kier molecular flexibility index (Phi) is 3.30. The van der Waals surface area contributed by atoms with Crippen molar-refractivity contribution >= 4 is 5.69 Å². The number of tetrazole rings is 1. The molecule has 0 spiro atoms. The first-order valence-corrected chi connectivity index (χ1v) is 6.97. The molecule has 0 bridgehead atoms. The Morgan fingerprint density at radius 3 is 2.90 bits per heavy atom. The minimum atomic E-state index is 0.605. The minimum absolute atomic E-state index is 0.605. The maximum atomic E-state index is 5.92. The number of nitrogens with zero attached hydrogens (tertiary/aromatic N) is 4. The van der Waals surface area contributed by atoms with Gasteiger partial charge in [0, 0.05) is 23.9 Å². The second-order valence-corrected chi connectivity index (χ2v) is 5.38. The smallest absolute Gasteiger partial charge is 0.182 e. The third-order valence-corrected chi connectivity index (χ3v) is 3.71. The molecule has 6 nitrogen and oxygen atoms in total. The lowest BCUT2D eigenvalue weighted by atomic mass is 10.1. The van der Waals surface area contributed by atoms with E-state index in [2.05, 4.69) is 22.4 Å². The fourth-order valence-electron chi connectivity index (χ4n) is 2.41. The summed E-state index contributed by atoms with van der Waals surface area (Å²) in [5.74, 6) is 2.95. The van der Waals surface area contributed by atoms with Gasteiger partial charge < -0.3 is 10.5 Å². The highest BCUT2D eigenvalue weighted by Gasteiger charge is 2.33. The Morgan fingerprint density at radius 1 is 1.40 bits per heavy atom. The van der Waals surface area contributed by atoms with E-state index in [0.29, 0.717) is 18.2 Å². The van der Waals surface area contributed by atoms with Gasteiger partial charge in [-0.25, -0.2) is 4.68 Å². The highest BCUT2D eigenvalue weighted by atomic mass is 16.5. The first-order chi connectivity index (χ1) is 9.67. The number of nitrogens with two attached hydrogens (primary N) is 1. The second-order valence-electron chi connectivity index (χ2n) is 5.38. The molecule has 1 aromatic heterocycles. The first-order valence-electron chi connectivity index (χ1n) is 6.97. The van der Waals surface area contributed by atoms with E-state index in [0.717, 1.165) is 29.6 Å². The maximum Gasteiger partial charge on any atom is 0.182 e. The van der Waals surface area contributed by atoms with Crippen LogP contribution in [0.5, 0.6) is 5.75 Å². The quantitative estimate of drug-likeness (QED) is 0.843. The van der Waals surface area contributed by atoms with Crippen LogP contribution in [0.2, 0.25) is 0 Å². The van der Waals surface area contributed by atoms with Crippen LogP contribution in [-0.2, 0) is 6.54 Å². The van der Waals surface area contributed by atoms with E-state index in [4.69, 9.17) is 10.5 Å². The van der Waals surface area contributed by atoms with Crippen molar-refractivity contribution in [3.8, 4) is 17.1 Å². The standard InChI is InChI=1S/C14H19N5O/c1-3-20-13-6-10(5-12(15)7-13)14-16-17-18-19(14)8-11-4-9(11)2/h5-7,9,11H,3-4,8,15H2,1-2H3. The van der Waals surface area contributed by atoms with Crippen LogP contribution < -0.4 is 10.5 Å². The van der Waals surface area contributed by atoms with E-state index < -0.39 is 0 Å². The lowest BCUT2D eigenvalue weighted by Crippen LogP contribution is -2.06. The van der Waals surface area contributed by atoms with E-state index in [9.17, 15) is 0 Å². The predicted molar refractivity (Wildman–Crippen MR) is 76.1 cm³/mol. The van der Waals surface area contributed by atoms with Crippen molar-refractivity contribution in [3.05, 3.63) is 18.2 Å². The van der Waals surface area contributed by atoms with Gasteiger partial charge in [-0.2, -0.15) is 0 Å². The third kappa shape index (κ3) is 2.59. The first kappa shape index (κ1) is 12.9. The van der Waals surface area contributed by atoms with Crippen molar-refractivity contribution in [1.82, 2.24) is 20.2 Å². The van der Waals surface area contributed by atoms with Crippen LogP contribution in [-0.4, -0.2) is 26.8 Å². The number of ether oxygens (including phenoxy) is 1. The summed E-state index contributed by atoms with van der Waals surface area (Å²) in [5, 5.41) is 12.0. The van der Waals surface area contributed by atoms with Gasteiger partial charge in [-0.3, -0.25) is 0 Å². The van der Waals surface area contributed by atoms with Gasteiger partial charge in [-0.15, -0.1) is 5.10 Å². The normalized spacial score (nSPS) is 20.9. The number of hydrogen-bond acceptors (Lipinski definition) is 5. The zero-order valence-electron chi connectivity index (χ0n) is 11.8. The number of hydrogen-bond donors (Lipinski definition) is 1. The van der Waals surface area contributed by atoms with Crippen molar-refractivity contribution in [1.29, 1.82) is 0 Å². The molecule has 3 rings (SSSR count). The summed E-state index contributed by atoms with van der Waals surface area (Å²) in [6, 6.07) is 5.61. The van der Waals surface area contributed by atoms with Crippen molar-refractivity contribution in [2.75, 3.05) is 12.3 Å².